The number of aliphatic hydroxyl groups excluding tert-OH is 1. The molecule has 0 fully saturated rings. The molecule has 5 heteroatoms. The molecule has 0 radical (unpaired) electrons. The van der Waals surface area contributed by atoms with Gasteiger partial charge in [-0.15, -0.1) is 0 Å². The van der Waals surface area contributed by atoms with Gasteiger partial charge < -0.3 is 14.9 Å². The summed E-state index contributed by atoms with van der Waals surface area (Å²) in [5.74, 6) is -1.00. The van der Waals surface area contributed by atoms with Crippen molar-refractivity contribution < 1.29 is 24.5 Å². The summed E-state index contributed by atoms with van der Waals surface area (Å²) in [6.45, 7) is 1.64. The lowest BCUT2D eigenvalue weighted by Gasteiger charge is -2.06. The van der Waals surface area contributed by atoms with Gasteiger partial charge in [-0.3, -0.25) is 9.59 Å². The predicted molar refractivity (Wildman–Crippen MR) is 67.2 cm³/mol. The lowest BCUT2D eigenvalue weighted by molar-refractivity contribution is -0.146. The highest BCUT2D eigenvalue weighted by Crippen LogP contribution is 2.09. The van der Waals surface area contributed by atoms with Gasteiger partial charge in [0.25, 0.3) is 0 Å². The zero-order chi connectivity index (χ0) is 13.8. The first-order chi connectivity index (χ1) is 8.52. The van der Waals surface area contributed by atoms with Crippen LogP contribution < -0.4 is 0 Å². The zero-order valence-corrected chi connectivity index (χ0v) is 11.1. The van der Waals surface area contributed by atoms with Crippen LogP contribution >= 0.6 is 0 Å². The maximum atomic E-state index is 11.2. The Morgan fingerprint density at radius 3 is 2.00 bits per heavy atom. The van der Waals surface area contributed by atoms with E-state index in [0.29, 0.717) is 6.42 Å². The van der Waals surface area contributed by atoms with Crippen LogP contribution in [0.25, 0.3) is 0 Å². The number of unbranched alkanes of at least 4 members (excludes halogenated alkanes) is 5. The summed E-state index contributed by atoms with van der Waals surface area (Å²) in [7, 11) is 0. The third kappa shape index (κ3) is 13.0. The number of carbonyl (C=O) groups is 2. The van der Waals surface area contributed by atoms with Crippen LogP contribution in [0.5, 0.6) is 0 Å². The van der Waals surface area contributed by atoms with E-state index < -0.39 is 12.1 Å². The van der Waals surface area contributed by atoms with Crippen molar-refractivity contribution >= 4 is 11.9 Å². The van der Waals surface area contributed by atoms with Gasteiger partial charge in [-0.1, -0.05) is 25.7 Å². The summed E-state index contributed by atoms with van der Waals surface area (Å²) in [6, 6.07) is 0. The van der Waals surface area contributed by atoms with E-state index in [2.05, 4.69) is 0 Å². The second-order valence-corrected chi connectivity index (χ2v) is 4.55. The van der Waals surface area contributed by atoms with Crippen molar-refractivity contribution in [3.63, 3.8) is 0 Å². The molecule has 1 unspecified atom stereocenters. The van der Waals surface area contributed by atoms with E-state index in [1.165, 1.54) is 0 Å². The molecule has 18 heavy (non-hydrogen) atoms. The lowest BCUT2D eigenvalue weighted by Crippen LogP contribution is -2.14. The molecule has 0 aliphatic rings. The van der Waals surface area contributed by atoms with Gasteiger partial charge in [-0.05, 0) is 19.8 Å². The molecule has 0 saturated heterocycles. The van der Waals surface area contributed by atoms with Gasteiger partial charge in [-0.2, -0.15) is 0 Å². The second kappa shape index (κ2) is 11.0. The quantitative estimate of drug-likeness (QED) is 0.439. The van der Waals surface area contributed by atoms with Gasteiger partial charge in [0.2, 0.25) is 0 Å². The van der Waals surface area contributed by atoms with E-state index in [-0.39, 0.29) is 19.0 Å². The molecule has 0 saturated carbocycles. The van der Waals surface area contributed by atoms with Gasteiger partial charge >= 0.3 is 11.9 Å². The standard InChI is InChI=1S/C13H24O5/c1-11(14)10-18-13(17)9-7-5-3-2-4-6-8-12(15)16/h11,14H,2-10H2,1H3,(H,15,16). The van der Waals surface area contributed by atoms with Crippen LogP contribution in [0.1, 0.15) is 58.3 Å². The molecular weight excluding hydrogens is 236 g/mol. The lowest BCUT2D eigenvalue weighted by atomic mass is 10.1. The molecule has 0 heterocycles. The molecule has 0 bridgehead atoms. The molecular formula is C13H24O5. The molecule has 0 aromatic carbocycles. The number of hydrogen-bond acceptors (Lipinski definition) is 4. The van der Waals surface area contributed by atoms with Gasteiger partial charge in [-0.25, -0.2) is 0 Å². The minimum absolute atomic E-state index is 0.0635. The Balaban J connectivity index is 3.20. The Kier molecular flexibility index (Phi) is 10.3. The summed E-state index contributed by atoms with van der Waals surface area (Å²) in [4.78, 5) is 21.4. The topological polar surface area (TPSA) is 83.8 Å². The zero-order valence-electron chi connectivity index (χ0n) is 11.1. The highest BCUT2D eigenvalue weighted by molar-refractivity contribution is 5.69. The summed E-state index contributed by atoms with van der Waals surface area (Å²) < 4.78 is 4.82. The van der Waals surface area contributed by atoms with Crippen molar-refractivity contribution in [3.05, 3.63) is 0 Å². The molecule has 0 aromatic rings. The Labute approximate surface area is 108 Å². The number of hydrogen-bond donors (Lipinski definition) is 2. The van der Waals surface area contributed by atoms with Crippen molar-refractivity contribution in [1.29, 1.82) is 0 Å². The number of ether oxygens (including phenoxy) is 1. The van der Waals surface area contributed by atoms with Crippen LogP contribution in [-0.2, 0) is 14.3 Å². The van der Waals surface area contributed by atoms with Crippen LogP contribution in [0.15, 0.2) is 0 Å². The molecule has 0 aliphatic heterocycles. The number of carbonyl (C=O) groups excluding carboxylic acids is 1. The van der Waals surface area contributed by atoms with Gasteiger partial charge in [0.15, 0.2) is 0 Å². The number of aliphatic carboxylic acids is 1. The predicted octanol–water partition coefficient (Wildman–Crippen LogP) is 2.12. The molecule has 2 N–H and O–H groups in total. The average molecular weight is 260 g/mol. The fourth-order valence-electron chi connectivity index (χ4n) is 1.54. The van der Waals surface area contributed by atoms with E-state index >= 15 is 0 Å². The highest BCUT2D eigenvalue weighted by Gasteiger charge is 2.04. The third-order valence-corrected chi connectivity index (χ3v) is 2.51. The molecule has 0 spiro atoms. The van der Waals surface area contributed by atoms with Crippen LogP contribution in [0.4, 0.5) is 0 Å². The monoisotopic (exact) mass is 260 g/mol. The van der Waals surface area contributed by atoms with Crippen molar-refractivity contribution in [2.75, 3.05) is 6.61 Å². The molecule has 106 valence electrons. The Bertz CT molecular complexity index is 238. The Hall–Kier alpha value is -1.10. The Morgan fingerprint density at radius 2 is 1.50 bits per heavy atom. The van der Waals surface area contributed by atoms with E-state index in [4.69, 9.17) is 14.9 Å². The normalized spacial score (nSPS) is 12.1. The molecule has 0 aliphatic carbocycles. The molecule has 0 amide bonds. The smallest absolute Gasteiger partial charge is 0.305 e. The van der Waals surface area contributed by atoms with Crippen LogP contribution in [0.3, 0.4) is 0 Å². The SMILES string of the molecule is CC(O)COC(=O)CCCCCCCCC(=O)O. The third-order valence-electron chi connectivity index (χ3n) is 2.51. The Morgan fingerprint density at radius 1 is 1.00 bits per heavy atom. The minimum Gasteiger partial charge on any atom is -0.481 e. The van der Waals surface area contributed by atoms with Crippen molar-refractivity contribution in [2.24, 2.45) is 0 Å². The largest absolute Gasteiger partial charge is 0.481 e. The first-order valence-electron chi connectivity index (χ1n) is 6.58. The fourth-order valence-corrected chi connectivity index (χ4v) is 1.54. The number of aliphatic hydroxyl groups is 1. The van der Waals surface area contributed by atoms with Crippen LogP contribution in [0.2, 0.25) is 0 Å². The second-order valence-electron chi connectivity index (χ2n) is 4.55. The van der Waals surface area contributed by atoms with Gasteiger partial charge in [0.1, 0.15) is 6.61 Å². The minimum atomic E-state index is -0.740. The summed E-state index contributed by atoms with van der Waals surface area (Å²) >= 11 is 0. The molecule has 5 nitrogen and oxygen atoms in total. The molecule has 0 rings (SSSR count). The van der Waals surface area contributed by atoms with E-state index in [0.717, 1.165) is 38.5 Å². The number of carboxylic acids is 1. The van der Waals surface area contributed by atoms with Crippen molar-refractivity contribution in [3.8, 4) is 0 Å². The van der Waals surface area contributed by atoms with E-state index in [1.807, 2.05) is 0 Å². The van der Waals surface area contributed by atoms with Gasteiger partial charge in [0, 0.05) is 12.8 Å². The first kappa shape index (κ1) is 16.9. The van der Waals surface area contributed by atoms with Crippen molar-refractivity contribution in [2.45, 2.75) is 64.4 Å². The summed E-state index contributed by atoms with van der Waals surface area (Å²) in [5.41, 5.74) is 0. The molecule has 0 aromatic heterocycles. The van der Waals surface area contributed by atoms with Crippen LogP contribution in [0, 0.1) is 0 Å². The number of esters is 1. The number of carboxylic acid groups (broad SMARTS) is 1. The van der Waals surface area contributed by atoms with Gasteiger partial charge in [0.05, 0.1) is 6.10 Å². The maximum Gasteiger partial charge on any atom is 0.305 e. The van der Waals surface area contributed by atoms with E-state index in [1.54, 1.807) is 6.92 Å². The average Bonchev–Trinajstić information content (AvgIpc) is 2.29. The first-order valence-corrected chi connectivity index (χ1v) is 6.58. The van der Waals surface area contributed by atoms with Crippen LogP contribution in [-0.4, -0.2) is 34.9 Å². The highest BCUT2D eigenvalue weighted by atomic mass is 16.5. The summed E-state index contributed by atoms with van der Waals surface area (Å²) in [5, 5.41) is 17.3. The number of rotatable bonds is 11. The maximum absolute atomic E-state index is 11.2. The van der Waals surface area contributed by atoms with Crippen molar-refractivity contribution in [1.82, 2.24) is 0 Å². The summed E-state index contributed by atoms with van der Waals surface area (Å²) in [6.07, 6.45) is 5.45. The van der Waals surface area contributed by atoms with E-state index in [9.17, 15) is 9.59 Å². The fraction of sp³-hybridized carbons (Fsp3) is 0.846. The molecule has 1 atom stereocenters.